The third-order valence-electron chi connectivity index (χ3n) is 2.77. The molecule has 3 heteroatoms. The Labute approximate surface area is 93.7 Å². The standard InChI is InChI=1S/C11H12Cl2O/c1-6(14)10-5-11(10)7-2-8(12)4-9(13)3-7/h2-4,6,10-11,14H,5H2,1H3/t6-,10+,11+/m0/s1. The molecule has 1 aromatic carbocycles. The van der Waals surface area contributed by atoms with E-state index in [2.05, 4.69) is 0 Å². The summed E-state index contributed by atoms with van der Waals surface area (Å²) in [4.78, 5) is 0. The number of hydrogen-bond acceptors (Lipinski definition) is 1. The summed E-state index contributed by atoms with van der Waals surface area (Å²) < 4.78 is 0. The topological polar surface area (TPSA) is 20.2 Å². The minimum Gasteiger partial charge on any atom is -0.393 e. The van der Waals surface area contributed by atoms with Crippen LogP contribution in [-0.4, -0.2) is 11.2 Å². The summed E-state index contributed by atoms with van der Waals surface area (Å²) in [5, 5.41) is 10.7. The number of aliphatic hydroxyl groups excluding tert-OH is 1. The molecule has 0 aromatic heterocycles. The van der Waals surface area contributed by atoms with Crippen LogP contribution in [0.1, 0.15) is 24.8 Å². The molecular formula is C11H12Cl2O. The molecule has 76 valence electrons. The minimum absolute atomic E-state index is 0.238. The average molecular weight is 231 g/mol. The molecule has 1 aromatic rings. The number of hydrogen-bond donors (Lipinski definition) is 1. The van der Waals surface area contributed by atoms with E-state index in [1.165, 1.54) is 0 Å². The van der Waals surface area contributed by atoms with Crippen LogP contribution in [0.4, 0.5) is 0 Å². The van der Waals surface area contributed by atoms with Gasteiger partial charge in [0.05, 0.1) is 6.10 Å². The van der Waals surface area contributed by atoms with Crippen molar-refractivity contribution < 1.29 is 5.11 Å². The molecule has 14 heavy (non-hydrogen) atoms. The van der Waals surface area contributed by atoms with Crippen molar-refractivity contribution in [1.82, 2.24) is 0 Å². The summed E-state index contributed by atoms with van der Waals surface area (Å²) in [6.45, 7) is 1.83. The largest absolute Gasteiger partial charge is 0.393 e. The van der Waals surface area contributed by atoms with Crippen LogP contribution in [0.15, 0.2) is 18.2 Å². The van der Waals surface area contributed by atoms with E-state index in [4.69, 9.17) is 23.2 Å². The van der Waals surface area contributed by atoms with E-state index in [-0.39, 0.29) is 6.10 Å². The quantitative estimate of drug-likeness (QED) is 0.826. The molecule has 0 radical (unpaired) electrons. The average Bonchev–Trinajstić information content (AvgIpc) is 2.79. The minimum atomic E-state index is -0.238. The first-order chi connectivity index (χ1) is 6.58. The molecule has 1 nitrogen and oxygen atoms in total. The van der Waals surface area contributed by atoms with Crippen LogP contribution in [0.25, 0.3) is 0 Å². The van der Waals surface area contributed by atoms with Gasteiger partial charge in [0.2, 0.25) is 0 Å². The second-order valence-corrected chi connectivity index (χ2v) is 4.82. The molecule has 0 heterocycles. The first-order valence-electron chi connectivity index (χ1n) is 4.72. The molecule has 0 bridgehead atoms. The van der Waals surface area contributed by atoms with Crippen molar-refractivity contribution in [2.75, 3.05) is 0 Å². The fraction of sp³-hybridized carbons (Fsp3) is 0.455. The molecule has 0 amide bonds. The fourth-order valence-electron chi connectivity index (χ4n) is 1.92. The van der Waals surface area contributed by atoms with Gasteiger partial charge in [-0.2, -0.15) is 0 Å². The van der Waals surface area contributed by atoms with Crippen molar-refractivity contribution in [2.45, 2.75) is 25.4 Å². The van der Waals surface area contributed by atoms with Crippen molar-refractivity contribution in [3.05, 3.63) is 33.8 Å². The predicted octanol–water partition coefficient (Wildman–Crippen LogP) is 3.48. The van der Waals surface area contributed by atoms with Gasteiger partial charge in [0, 0.05) is 10.0 Å². The van der Waals surface area contributed by atoms with Crippen molar-refractivity contribution in [3.8, 4) is 0 Å². The molecule has 1 aliphatic rings. The SMILES string of the molecule is C[C@H](O)[C@H]1C[C@@H]1c1cc(Cl)cc(Cl)c1. The zero-order valence-electron chi connectivity index (χ0n) is 7.87. The van der Waals surface area contributed by atoms with Crippen molar-refractivity contribution in [2.24, 2.45) is 5.92 Å². The molecule has 0 aliphatic heterocycles. The highest BCUT2D eigenvalue weighted by molar-refractivity contribution is 6.34. The molecule has 3 atom stereocenters. The maximum absolute atomic E-state index is 9.40. The van der Waals surface area contributed by atoms with E-state index < -0.39 is 0 Å². The van der Waals surface area contributed by atoms with E-state index in [0.717, 1.165) is 12.0 Å². The molecule has 2 rings (SSSR count). The normalized spacial score (nSPS) is 27.4. The zero-order chi connectivity index (χ0) is 10.3. The number of aliphatic hydroxyl groups is 1. The van der Waals surface area contributed by atoms with E-state index in [0.29, 0.717) is 21.9 Å². The Balaban J connectivity index is 2.19. The van der Waals surface area contributed by atoms with Crippen LogP contribution >= 0.6 is 23.2 Å². The maximum Gasteiger partial charge on any atom is 0.0546 e. The lowest BCUT2D eigenvalue weighted by molar-refractivity contribution is 0.169. The van der Waals surface area contributed by atoms with Gasteiger partial charge in [-0.15, -0.1) is 0 Å². The molecule has 1 fully saturated rings. The molecule has 1 N–H and O–H groups in total. The summed E-state index contributed by atoms with van der Waals surface area (Å²) >= 11 is 11.8. The van der Waals surface area contributed by atoms with Crippen LogP contribution in [0.2, 0.25) is 10.0 Å². The predicted molar refractivity (Wildman–Crippen MR) is 59.0 cm³/mol. The number of halogens is 2. The Hall–Kier alpha value is -0.240. The van der Waals surface area contributed by atoms with Gasteiger partial charge >= 0.3 is 0 Å². The van der Waals surface area contributed by atoms with E-state index in [9.17, 15) is 5.11 Å². The van der Waals surface area contributed by atoms with Gasteiger partial charge in [0.25, 0.3) is 0 Å². The summed E-state index contributed by atoms with van der Waals surface area (Å²) in [7, 11) is 0. The van der Waals surface area contributed by atoms with Crippen LogP contribution in [-0.2, 0) is 0 Å². The van der Waals surface area contributed by atoms with Crippen molar-refractivity contribution in [3.63, 3.8) is 0 Å². The monoisotopic (exact) mass is 230 g/mol. The molecule has 1 aliphatic carbocycles. The molecule has 1 saturated carbocycles. The lowest BCUT2D eigenvalue weighted by Crippen LogP contribution is -2.03. The lowest BCUT2D eigenvalue weighted by Gasteiger charge is -2.04. The third kappa shape index (κ3) is 2.05. The third-order valence-corrected chi connectivity index (χ3v) is 3.21. The van der Waals surface area contributed by atoms with Crippen LogP contribution in [0.5, 0.6) is 0 Å². The van der Waals surface area contributed by atoms with Gasteiger partial charge in [-0.25, -0.2) is 0 Å². The van der Waals surface area contributed by atoms with E-state index >= 15 is 0 Å². The Morgan fingerprint density at radius 2 is 1.86 bits per heavy atom. The zero-order valence-corrected chi connectivity index (χ0v) is 9.39. The highest BCUT2D eigenvalue weighted by atomic mass is 35.5. The Morgan fingerprint density at radius 1 is 1.29 bits per heavy atom. The van der Waals surface area contributed by atoms with Gasteiger partial charge < -0.3 is 5.11 Å². The smallest absolute Gasteiger partial charge is 0.0546 e. The highest BCUT2D eigenvalue weighted by Gasteiger charge is 2.41. The van der Waals surface area contributed by atoms with Gasteiger partial charge in [-0.1, -0.05) is 23.2 Å². The second-order valence-electron chi connectivity index (χ2n) is 3.95. The molecule has 0 spiro atoms. The number of rotatable bonds is 2. The fourth-order valence-corrected chi connectivity index (χ4v) is 2.46. The molecular weight excluding hydrogens is 219 g/mol. The summed E-state index contributed by atoms with van der Waals surface area (Å²) in [5.41, 5.74) is 1.15. The lowest BCUT2D eigenvalue weighted by atomic mass is 10.1. The van der Waals surface area contributed by atoms with Crippen molar-refractivity contribution >= 4 is 23.2 Å². The summed E-state index contributed by atoms with van der Waals surface area (Å²) in [5.74, 6) is 0.815. The van der Waals surface area contributed by atoms with Gasteiger partial charge in [0.1, 0.15) is 0 Å². The van der Waals surface area contributed by atoms with Crippen LogP contribution in [0.3, 0.4) is 0 Å². The molecule has 0 saturated heterocycles. The Kier molecular flexibility index (Phi) is 2.74. The Bertz CT molecular complexity index is 329. The molecule has 0 unspecified atom stereocenters. The van der Waals surface area contributed by atoms with Gasteiger partial charge in [-0.05, 0) is 48.9 Å². The first-order valence-corrected chi connectivity index (χ1v) is 5.47. The second kappa shape index (κ2) is 3.73. The van der Waals surface area contributed by atoms with E-state index in [1.54, 1.807) is 6.07 Å². The summed E-state index contributed by atoms with van der Waals surface area (Å²) in [6, 6.07) is 5.59. The number of benzene rings is 1. The van der Waals surface area contributed by atoms with Crippen LogP contribution in [0, 0.1) is 5.92 Å². The first kappa shape index (κ1) is 10.3. The highest BCUT2D eigenvalue weighted by Crippen LogP contribution is 2.50. The van der Waals surface area contributed by atoms with Gasteiger partial charge in [0.15, 0.2) is 0 Å². The van der Waals surface area contributed by atoms with Crippen molar-refractivity contribution in [1.29, 1.82) is 0 Å². The van der Waals surface area contributed by atoms with Gasteiger partial charge in [-0.3, -0.25) is 0 Å². The maximum atomic E-state index is 9.40. The Morgan fingerprint density at radius 3 is 2.29 bits per heavy atom. The summed E-state index contributed by atoms with van der Waals surface area (Å²) in [6.07, 6.45) is 0.798. The van der Waals surface area contributed by atoms with E-state index in [1.807, 2.05) is 19.1 Å². The van der Waals surface area contributed by atoms with Crippen LogP contribution < -0.4 is 0 Å².